The fourth-order valence-electron chi connectivity index (χ4n) is 1.97. The smallest absolute Gasteiger partial charge is 0.122 e. The van der Waals surface area contributed by atoms with Crippen molar-refractivity contribution in [3.8, 4) is 5.75 Å². The van der Waals surface area contributed by atoms with Gasteiger partial charge >= 0.3 is 0 Å². The van der Waals surface area contributed by atoms with E-state index >= 15 is 0 Å². The molecule has 0 aromatic heterocycles. The number of nitrogens with two attached hydrogens (primary N) is 1. The van der Waals surface area contributed by atoms with Crippen molar-refractivity contribution < 1.29 is 4.74 Å². The number of hydrogen-bond donors (Lipinski definition) is 1. The highest BCUT2D eigenvalue weighted by atomic mass is 128. The van der Waals surface area contributed by atoms with Crippen molar-refractivity contribution in [2.24, 2.45) is 5.73 Å². The highest BCUT2D eigenvalue weighted by Crippen LogP contribution is 2.28. The monoisotopic (exact) mass is 431 g/mol. The lowest BCUT2D eigenvalue weighted by Gasteiger charge is -2.23. The van der Waals surface area contributed by atoms with Crippen LogP contribution in [0.1, 0.15) is 17.5 Å². The maximum atomic E-state index is 5.92. The van der Waals surface area contributed by atoms with Gasteiger partial charge < -0.3 is 10.5 Å². The van der Waals surface area contributed by atoms with Gasteiger partial charge in [0.2, 0.25) is 0 Å². The Kier molecular flexibility index (Phi) is 6.21. The molecule has 0 saturated carbocycles. The van der Waals surface area contributed by atoms with E-state index in [4.69, 9.17) is 10.5 Å². The molecule has 0 aliphatic heterocycles. The zero-order chi connectivity index (χ0) is 11.3. The molecule has 4 heteroatoms. The summed E-state index contributed by atoms with van der Waals surface area (Å²) in [5.74, 6) is 0.993. The predicted molar refractivity (Wildman–Crippen MR) is 81.0 cm³/mol. The standard InChI is InChI=1S/C11H15NO.I2/c1-13-11-4-2-3-8-5-6-9(12)7-10(8)11;1-2/h2-4,9H,5-7,12H2,1H3;. The lowest BCUT2D eigenvalue weighted by atomic mass is 9.88. The minimum atomic E-state index is 0.309. The van der Waals surface area contributed by atoms with E-state index in [-0.39, 0.29) is 0 Å². The van der Waals surface area contributed by atoms with E-state index in [0.717, 1.165) is 25.0 Å². The molecule has 0 bridgehead atoms. The third-order valence-electron chi connectivity index (χ3n) is 2.70. The van der Waals surface area contributed by atoms with Crippen LogP contribution in [0.4, 0.5) is 0 Å². The van der Waals surface area contributed by atoms with Crippen LogP contribution in [0.25, 0.3) is 0 Å². The van der Waals surface area contributed by atoms with Crippen LogP contribution in [0.3, 0.4) is 0 Å². The summed E-state index contributed by atoms with van der Waals surface area (Å²) in [5.41, 5.74) is 8.63. The van der Waals surface area contributed by atoms with Gasteiger partial charge in [-0.2, -0.15) is 0 Å². The Morgan fingerprint density at radius 2 is 2.13 bits per heavy atom. The number of aryl methyl sites for hydroxylation is 1. The Labute approximate surface area is 114 Å². The van der Waals surface area contributed by atoms with Crippen LogP contribution in [0.5, 0.6) is 5.75 Å². The van der Waals surface area contributed by atoms with Crippen molar-refractivity contribution >= 4 is 37.2 Å². The first-order valence-electron chi connectivity index (χ1n) is 4.86. The summed E-state index contributed by atoms with van der Waals surface area (Å²) in [6, 6.07) is 6.54. The molecule has 1 aromatic carbocycles. The van der Waals surface area contributed by atoms with Crippen LogP contribution in [0, 0.1) is 0 Å². The van der Waals surface area contributed by atoms with Gasteiger partial charge in [-0.05, 0) is 36.5 Å². The second kappa shape index (κ2) is 6.90. The third kappa shape index (κ3) is 3.45. The van der Waals surface area contributed by atoms with Crippen LogP contribution >= 0.6 is 37.2 Å². The van der Waals surface area contributed by atoms with E-state index in [0.29, 0.717) is 6.04 Å². The van der Waals surface area contributed by atoms with Crippen LogP contribution < -0.4 is 10.5 Å². The molecule has 0 heterocycles. The Morgan fingerprint density at radius 3 is 2.80 bits per heavy atom. The van der Waals surface area contributed by atoms with Crippen LogP contribution in [0.15, 0.2) is 18.2 Å². The second-order valence-corrected chi connectivity index (χ2v) is 3.60. The summed E-state index contributed by atoms with van der Waals surface area (Å²) in [7, 11) is 1.72. The lowest BCUT2D eigenvalue weighted by Crippen LogP contribution is -2.28. The molecular formula is C11H15I2NO. The van der Waals surface area contributed by atoms with Gasteiger partial charge in [0.1, 0.15) is 5.75 Å². The summed E-state index contributed by atoms with van der Waals surface area (Å²) < 4.78 is 5.31. The molecular weight excluding hydrogens is 416 g/mol. The van der Waals surface area contributed by atoms with E-state index in [2.05, 4.69) is 49.4 Å². The Balaban J connectivity index is 0.000000531. The zero-order valence-electron chi connectivity index (χ0n) is 8.67. The first-order chi connectivity index (χ1) is 7.31. The van der Waals surface area contributed by atoms with E-state index in [9.17, 15) is 0 Å². The average molecular weight is 431 g/mol. The Hall–Kier alpha value is 0.440. The van der Waals surface area contributed by atoms with Gasteiger partial charge in [-0.3, -0.25) is 0 Å². The van der Waals surface area contributed by atoms with Crippen molar-refractivity contribution in [1.29, 1.82) is 0 Å². The molecule has 2 N–H and O–H groups in total. The van der Waals surface area contributed by atoms with Crippen molar-refractivity contribution in [3.05, 3.63) is 29.3 Å². The van der Waals surface area contributed by atoms with Gasteiger partial charge in [-0.1, -0.05) is 12.1 Å². The van der Waals surface area contributed by atoms with Gasteiger partial charge in [-0.15, -0.1) is 0 Å². The van der Waals surface area contributed by atoms with E-state index in [1.54, 1.807) is 7.11 Å². The Morgan fingerprint density at radius 1 is 1.40 bits per heavy atom. The molecule has 1 aromatic rings. The van der Waals surface area contributed by atoms with Gasteiger partial charge in [-0.25, -0.2) is 0 Å². The van der Waals surface area contributed by atoms with E-state index < -0.39 is 0 Å². The summed E-state index contributed by atoms with van der Waals surface area (Å²) in [4.78, 5) is 0. The molecule has 2 nitrogen and oxygen atoms in total. The maximum Gasteiger partial charge on any atom is 0.122 e. The van der Waals surface area contributed by atoms with Crippen LogP contribution in [0.2, 0.25) is 0 Å². The number of ether oxygens (including phenoxy) is 1. The van der Waals surface area contributed by atoms with Crippen molar-refractivity contribution in [3.63, 3.8) is 0 Å². The van der Waals surface area contributed by atoms with Gasteiger partial charge in [0.25, 0.3) is 0 Å². The van der Waals surface area contributed by atoms with Crippen LogP contribution in [-0.2, 0) is 12.8 Å². The number of rotatable bonds is 1. The highest BCUT2D eigenvalue weighted by molar-refractivity contribution is 15.0. The zero-order valence-corrected chi connectivity index (χ0v) is 13.0. The molecule has 0 radical (unpaired) electrons. The average Bonchev–Trinajstić information content (AvgIpc) is 2.31. The molecule has 84 valence electrons. The minimum Gasteiger partial charge on any atom is -0.496 e. The van der Waals surface area contributed by atoms with Gasteiger partial charge in [0, 0.05) is 43.3 Å². The molecule has 0 fully saturated rings. The summed E-state index contributed by atoms with van der Waals surface area (Å²) >= 11 is 4.24. The van der Waals surface area contributed by atoms with Crippen molar-refractivity contribution in [2.45, 2.75) is 25.3 Å². The predicted octanol–water partition coefficient (Wildman–Crippen LogP) is 3.28. The quantitative estimate of drug-likeness (QED) is 0.694. The van der Waals surface area contributed by atoms with Crippen molar-refractivity contribution in [2.75, 3.05) is 7.11 Å². The number of hydrogen-bond acceptors (Lipinski definition) is 2. The normalized spacial score (nSPS) is 18.5. The molecule has 0 saturated heterocycles. The largest absolute Gasteiger partial charge is 0.496 e. The first kappa shape index (κ1) is 13.5. The van der Waals surface area contributed by atoms with Crippen LogP contribution in [-0.4, -0.2) is 13.2 Å². The third-order valence-corrected chi connectivity index (χ3v) is 2.70. The number of fused-ring (bicyclic) bond motifs is 1. The van der Waals surface area contributed by atoms with Gasteiger partial charge in [0.05, 0.1) is 7.11 Å². The fraction of sp³-hybridized carbons (Fsp3) is 0.455. The molecule has 2 rings (SSSR count). The molecule has 1 aliphatic carbocycles. The first-order valence-corrected chi connectivity index (χ1v) is 11.1. The SMILES string of the molecule is COc1cccc2c1CC(N)CC2.II. The fourth-order valence-corrected chi connectivity index (χ4v) is 1.97. The van der Waals surface area contributed by atoms with E-state index in [1.807, 2.05) is 6.07 Å². The maximum absolute atomic E-state index is 5.92. The molecule has 15 heavy (non-hydrogen) atoms. The molecule has 0 amide bonds. The number of benzene rings is 1. The van der Waals surface area contributed by atoms with Crippen molar-refractivity contribution in [1.82, 2.24) is 0 Å². The topological polar surface area (TPSA) is 35.2 Å². The lowest BCUT2D eigenvalue weighted by molar-refractivity contribution is 0.403. The second-order valence-electron chi connectivity index (χ2n) is 3.60. The highest BCUT2D eigenvalue weighted by Gasteiger charge is 2.18. The summed E-state index contributed by atoms with van der Waals surface area (Å²) in [5, 5.41) is 0. The Bertz CT molecular complexity index is 303. The summed E-state index contributed by atoms with van der Waals surface area (Å²) in [6.07, 6.45) is 3.15. The molecule has 1 aliphatic rings. The minimum absolute atomic E-state index is 0.309. The number of methoxy groups -OCH3 is 1. The van der Waals surface area contributed by atoms with E-state index in [1.165, 1.54) is 11.1 Å². The molecule has 1 atom stereocenters. The molecule has 1 unspecified atom stereocenters. The van der Waals surface area contributed by atoms with Gasteiger partial charge in [0.15, 0.2) is 0 Å². The summed E-state index contributed by atoms with van der Waals surface area (Å²) in [6.45, 7) is 0. The molecule has 0 spiro atoms. The number of halogens is 2.